The van der Waals surface area contributed by atoms with Gasteiger partial charge in [0, 0.05) is 6.54 Å². The maximum atomic E-state index is 11.3. The van der Waals surface area contributed by atoms with Crippen LogP contribution in [0.25, 0.3) is 0 Å². The van der Waals surface area contributed by atoms with E-state index in [9.17, 15) is 8.42 Å². The largest absolute Gasteiger partial charge is 0.215 e. The molecule has 0 saturated carbocycles. The molecule has 0 fully saturated rings. The molecule has 0 amide bonds. The molecule has 3 nitrogen and oxygen atoms in total. The minimum Gasteiger partial charge on any atom is -0.215 e. The third-order valence-corrected chi connectivity index (χ3v) is 3.00. The van der Waals surface area contributed by atoms with E-state index in [0.29, 0.717) is 6.54 Å². The van der Waals surface area contributed by atoms with E-state index in [2.05, 4.69) is 4.72 Å². The lowest BCUT2D eigenvalue weighted by atomic mass is 9.98. The highest BCUT2D eigenvalue weighted by atomic mass is 32.2. The van der Waals surface area contributed by atoms with Gasteiger partial charge in [-0.05, 0) is 11.8 Å². The average Bonchev–Trinajstić information content (AvgIpc) is 1.97. The van der Waals surface area contributed by atoms with Crippen molar-refractivity contribution in [2.75, 3.05) is 12.3 Å². The summed E-state index contributed by atoms with van der Waals surface area (Å²) < 4.78 is 25.3. The van der Waals surface area contributed by atoms with Gasteiger partial charge in [-0.25, -0.2) is 13.1 Å². The number of rotatable bonds is 5. The van der Waals surface area contributed by atoms with Crippen molar-refractivity contribution in [3.63, 3.8) is 0 Å². The highest BCUT2D eigenvalue weighted by molar-refractivity contribution is 7.89. The lowest BCUT2D eigenvalue weighted by molar-refractivity contribution is 0.407. The molecule has 0 saturated heterocycles. The highest BCUT2D eigenvalue weighted by Crippen LogP contribution is 2.11. The summed E-state index contributed by atoms with van der Waals surface area (Å²) in [5.41, 5.74) is 0.0132. The smallest absolute Gasteiger partial charge is 0.211 e. The fourth-order valence-electron chi connectivity index (χ4n) is 0.733. The van der Waals surface area contributed by atoms with Gasteiger partial charge in [-0.15, -0.1) is 0 Å². The summed E-state index contributed by atoms with van der Waals surface area (Å²) in [5.74, 6) is 0.250. The van der Waals surface area contributed by atoms with Crippen LogP contribution in [-0.4, -0.2) is 20.7 Å². The van der Waals surface area contributed by atoms with Crippen LogP contribution in [0.15, 0.2) is 0 Å². The third kappa shape index (κ3) is 8.25. The maximum Gasteiger partial charge on any atom is 0.211 e. The van der Waals surface area contributed by atoms with E-state index < -0.39 is 10.0 Å². The van der Waals surface area contributed by atoms with Gasteiger partial charge < -0.3 is 0 Å². The molecule has 0 radical (unpaired) electrons. The van der Waals surface area contributed by atoms with Crippen LogP contribution < -0.4 is 4.72 Å². The van der Waals surface area contributed by atoms with Crippen molar-refractivity contribution >= 4 is 10.0 Å². The first-order valence-corrected chi connectivity index (χ1v) is 6.39. The maximum absolute atomic E-state index is 11.3. The Hall–Kier alpha value is -0.0900. The van der Waals surface area contributed by atoms with Gasteiger partial charge in [0.25, 0.3) is 0 Å². The number of hydrogen-bond donors (Lipinski definition) is 1. The first kappa shape index (κ1) is 12.9. The van der Waals surface area contributed by atoms with Crippen LogP contribution in [0.4, 0.5) is 0 Å². The number of sulfonamides is 1. The molecule has 0 heterocycles. The highest BCUT2D eigenvalue weighted by Gasteiger charge is 2.15. The zero-order valence-corrected chi connectivity index (χ0v) is 9.87. The second-order valence-electron chi connectivity index (χ2n) is 4.55. The first-order chi connectivity index (χ1) is 5.77. The summed E-state index contributed by atoms with van der Waals surface area (Å²) in [5, 5.41) is 0. The average molecular weight is 207 g/mol. The van der Waals surface area contributed by atoms with Crippen LogP contribution in [0.1, 0.15) is 40.5 Å². The molecule has 0 unspecified atom stereocenters. The fraction of sp³-hybridized carbons (Fsp3) is 1.00. The molecule has 13 heavy (non-hydrogen) atoms. The Morgan fingerprint density at radius 3 is 2.15 bits per heavy atom. The molecule has 0 rings (SSSR count). The van der Waals surface area contributed by atoms with E-state index in [1.807, 2.05) is 27.7 Å². The van der Waals surface area contributed by atoms with Gasteiger partial charge in [-0.2, -0.15) is 0 Å². The van der Waals surface area contributed by atoms with Crippen molar-refractivity contribution in [1.82, 2.24) is 4.72 Å². The number of nitrogens with one attached hydrogen (secondary N) is 1. The molecule has 0 aliphatic carbocycles. The number of hydrogen-bond acceptors (Lipinski definition) is 2. The van der Waals surface area contributed by atoms with Crippen molar-refractivity contribution in [3.05, 3.63) is 0 Å². The lowest BCUT2D eigenvalue weighted by Crippen LogP contribution is -2.33. The van der Waals surface area contributed by atoms with E-state index in [1.165, 1.54) is 0 Å². The summed E-state index contributed by atoms with van der Waals surface area (Å²) in [6.07, 6.45) is 1.65. The van der Waals surface area contributed by atoms with Crippen molar-refractivity contribution in [2.45, 2.75) is 40.5 Å². The van der Waals surface area contributed by atoms with Crippen LogP contribution in [0.5, 0.6) is 0 Å². The van der Waals surface area contributed by atoms with Gasteiger partial charge in [0.1, 0.15) is 0 Å². The van der Waals surface area contributed by atoms with E-state index in [0.717, 1.165) is 12.8 Å². The van der Waals surface area contributed by atoms with Crippen LogP contribution in [-0.2, 0) is 10.0 Å². The fourth-order valence-corrected chi connectivity index (χ4v) is 2.20. The lowest BCUT2D eigenvalue weighted by Gasteiger charge is -2.18. The predicted molar refractivity (Wildman–Crippen MR) is 56.2 cm³/mol. The first-order valence-electron chi connectivity index (χ1n) is 4.74. The molecular formula is C9H21NO2S. The van der Waals surface area contributed by atoms with Gasteiger partial charge in [-0.3, -0.25) is 0 Å². The van der Waals surface area contributed by atoms with E-state index in [-0.39, 0.29) is 11.2 Å². The molecule has 0 aliphatic rings. The molecule has 80 valence electrons. The normalized spacial score (nSPS) is 13.2. The minimum atomic E-state index is -3.03. The molecular weight excluding hydrogens is 186 g/mol. The van der Waals surface area contributed by atoms with Crippen LogP contribution in [0.3, 0.4) is 0 Å². The van der Waals surface area contributed by atoms with Crippen molar-refractivity contribution < 1.29 is 8.42 Å². The molecule has 0 atom stereocenters. The zero-order chi connectivity index (χ0) is 10.5. The zero-order valence-electron chi connectivity index (χ0n) is 9.05. The molecule has 0 aromatic rings. The summed E-state index contributed by atoms with van der Waals surface area (Å²) in [4.78, 5) is 0. The molecule has 0 aliphatic heterocycles. The molecule has 1 N–H and O–H groups in total. The molecule has 0 spiro atoms. The number of unbranched alkanes of at least 4 members (excludes halogenated alkanes) is 1. The Balaban J connectivity index is 3.91. The Labute approximate surface area is 82.0 Å². The Kier molecular flexibility index (Phi) is 4.92. The summed E-state index contributed by atoms with van der Waals surface area (Å²) in [7, 11) is -3.03. The van der Waals surface area contributed by atoms with Crippen molar-refractivity contribution in [2.24, 2.45) is 5.41 Å². The summed E-state index contributed by atoms with van der Waals surface area (Å²) in [6, 6.07) is 0. The van der Waals surface area contributed by atoms with E-state index >= 15 is 0 Å². The van der Waals surface area contributed by atoms with Crippen molar-refractivity contribution in [3.8, 4) is 0 Å². The van der Waals surface area contributed by atoms with Gasteiger partial charge in [-0.1, -0.05) is 34.1 Å². The topological polar surface area (TPSA) is 46.2 Å². The summed E-state index contributed by atoms with van der Waals surface area (Å²) in [6.45, 7) is 8.53. The Morgan fingerprint density at radius 2 is 1.77 bits per heavy atom. The van der Waals surface area contributed by atoms with Gasteiger partial charge in [0.15, 0.2) is 0 Å². The van der Waals surface area contributed by atoms with Gasteiger partial charge >= 0.3 is 0 Å². The van der Waals surface area contributed by atoms with E-state index in [4.69, 9.17) is 0 Å². The standard InChI is InChI=1S/C9H21NO2S/c1-5-6-7-13(11,12)10-8-9(2,3)4/h10H,5-8H2,1-4H3. The third-order valence-electron chi connectivity index (χ3n) is 1.59. The summed E-state index contributed by atoms with van der Waals surface area (Å²) >= 11 is 0. The molecule has 0 aromatic heterocycles. The second-order valence-corrected chi connectivity index (χ2v) is 6.48. The Morgan fingerprint density at radius 1 is 1.23 bits per heavy atom. The minimum absolute atomic E-state index is 0.0132. The molecule has 4 heteroatoms. The molecule has 0 bridgehead atoms. The van der Waals surface area contributed by atoms with E-state index in [1.54, 1.807) is 0 Å². The SMILES string of the molecule is CCCCS(=O)(=O)NCC(C)(C)C. The van der Waals surface area contributed by atoms with Gasteiger partial charge in [0.2, 0.25) is 10.0 Å². The van der Waals surface area contributed by atoms with Gasteiger partial charge in [0.05, 0.1) is 5.75 Å². The van der Waals surface area contributed by atoms with Crippen LogP contribution in [0, 0.1) is 5.41 Å². The second kappa shape index (κ2) is 4.96. The van der Waals surface area contributed by atoms with Crippen LogP contribution in [0.2, 0.25) is 0 Å². The Bertz CT molecular complexity index is 226. The quantitative estimate of drug-likeness (QED) is 0.746. The van der Waals surface area contributed by atoms with Crippen molar-refractivity contribution in [1.29, 1.82) is 0 Å². The monoisotopic (exact) mass is 207 g/mol. The molecule has 0 aromatic carbocycles. The predicted octanol–water partition coefficient (Wildman–Crippen LogP) is 1.75. The van der Waals surface area contributed by atoms with Crippen LogP contribution >= 0.6 is 0 Å².